The van der Waals surface area contributed by atoms with E-state index >= 15 is 0 Å². The summed E-state index contributed by atoms with van der Waals surface area (Å²) < 4.78 is 38.5. The number of primary amides is 1. The van der Waals surface area contributed by atoms with Crippen molar-refractivity contribution in [2.45, 2.75) is 0 Å². The van der Waals surface area contributed by atoms with E-state index in [1.54, 1.807) is 0 Å². The van der Waals surface area contributed by atoms with Gasteiger partial charge in [-0.1, -0.05) is 0 Å². The van der Waals surface area contributed by atoms with E-state index in [9.17, 15) is 13.2 Å². The van der Waals surface area contributed by atoms with Gasteiger partial charge in [-0.05, 0) is 18.2 Å². The van der Waals surface area contributed by atoms with Crippen LogP contribution in [-0.2, 0) is 14.9 Å². The highest BCUT2D eigenvalue weighted by Crippen LogP contribution is 2.21. The van der Waals surface area contributed by atoms with E-state index in [1.165, 1.54) is 22.5 Å². The van der Waals surface area contributed by atoms with E-state index in [2.05, 4.69) is 9.71 Å². The second-order valence-corrected chi connectivity index (χ2v) is 6.35. The minimum absolute atomic E-state index is 0.219. The van der Waals surface area contributed by atoms with E-state index in [0.29, 0.717) is 43.1 Å². The quantitative estimate of drug-likeness (QED) is 0.808. The van der Waals surface area contributed by atoms with Gasteiger partial charge in [0.05, 0.1) is 18.9 Å². The minimum atomic E-state index is -3.66. The molecule has 2 heterocycles. The van der Waals surface area contributed by atoms with Crippen molar-refractivity contribution in [2.24, 2.45) is 5.73 Å². The molecule has 0 saturated carbocycles. The van der Waals surface area contributed by atoms with Crippen LogP contribution in [0.3, 0.4) is 0 Å². The molecule has 1 aliphatic rings. The smallest absolute Gasteiger partial charge is 0.304 e. The second-order valence-electron chi connectivity index (χ2n) is 4.68. The van der Waals surface area contributed by atoms with Crippen molar-refractivity contribution in [2.75, 3.05) is 31.0 Å². The second kappa shape index (κ2) is 5.55. The van der Waals surface area contributed by atoms with Crippen LogP contribution in [0.15, 0.2) is 22.6 Å². The number of hydrogen-bond acceptors (Lipinski definition) is 6. The molecule has 0 atom stereocenters. The zero-order valence-corrected chi connectivity index (χ0v) is 12.3. The number of nitrogens with zero attached hydrogens (tertiary/aromatic N) is 2. The molecule has 22 heavy (non-hydrogen) atoms. The van der Waals surface area contributed by atoms with Crippen LogP contribution in [0.4, 0.5) is 5.69 Å². The molecular formula is C12H14N4O5S. The summed E-state index contributed by atoms with van der Waals surface area (Å²) in [5.74, 6) is -1.00. The van der Waals surface area contributed by atoms with Crippen LogP contribution in [0, 0.1) is 0 Å². The van der Waals surface area contributed by atoms with Crippen LogP contribution in [0.25, 0.3) is 11.1 Å². The minimum Gasteiger partial charge on any atom is -0.432 e. The van der Waals surface area contributed by atoms with Crippen molar-refractivity contribution in [1.82, 2.24) is 9.29 Å². The Kier molecular flexibility index (Phi) is 3.72. The van der Waals surface area contributed by atoms with Gasteiger partial charge in [-0.2, -0.15) is 12.7 Å². The third kappa shape index (κ3) is 2.89. The zero-order chi connectivity index (χ0) is 15.7. The SMILES string of the molecule is NC(=O)c1nc2cc(NS(=O)(=O)N3CCOCC3)ccc2o1. The molecule has 1 aliphatic heterocycles. The average Bonchev–Trinajstić information content (AvgIpc) is 2.91. The number of nitrogens with one attached hydrogen (secondary N) is 1. The number of benzene rings is 1. The molecule has 118 valence electrons. The zero-order valence-electron chi connectivity index (χ0n) is 11.5. The Bertz CT molecular complexity index is 810. The molecule has 1 aromatic carbocycles. The maximum absolute atomic E-state index is 12.2. The summed E-state index contributed by atoms with van der Waals surface area (Å²) in [6.45, 7) is 1.33. The molecule has 10 heteroatoms. The van der Waals surface area contributed by atoms with E-state index in [-0.39, 0.29) is 5.89 Å². The predicted octanol–water partition coefficient (Wildman–Crippen LogP) is -0.0844. The first kappa shape index (κ1) is 14.8. The van der Waals surface area contributed by atoms with Crippen molar-refractivity contribution >= 4 is 32.9 Å². The highest BCUT2D eigenvalue weighted by Gasteiger charge is 2.24. The molecule has 3 N–H and O–H groups in total. The highest BCUT2D eigenvalue weighted by molar-refractivity contribution is 7.90. The maximum atomic E-state index is 12.2. The van der Waals surface area contributed by atoms with Crippen LogP contribution in [0.5, 0.6) is 0 Å². The van der Waals surface area contributed by atoms with Crippen LogP contribution in [0.2, 0.25) is 0 Å². The number of carbonyl (C=O) groups excluding carboxylic acids is 1. The first-order valence-corrected chi connectivity index (χ1v) is 7.96. The summed E-state index contributed by atoms with van der Waals surface area (Å²) >= 11 is 0. The number of rotatable bonds is 4. The number of oxazole rings is 1. The van der Waals surface area contributed by atoms with Gasteiger partial charge in [0.15, 0.2) is 5.58 Å². The summed E-state index contributed by atoms with van der Waals surface area (Å²) in [6, 6.07) is 4.52. The standard InChI is InChI=1S/C12H14N4O5S/c13-11(17)12-14-9-7-8(1-2-10(9)21-12)15-22(18,19)16-3-5-20-6-4-16/h1-2,7,15H,3-6H2,(H2,13,17). The van der Waals surface area contributed by atoms with Crippen molar-refractivity contribution in [3.8, 4) is 0 Å². The summed E-state index contributed by atoms with van der Waals surface area (Å²) in [5.41, 5.74) is 6.11. The molecule has 0 unspecified atom stereocenters. The van der Waals surface area contributed by atoms with Crippen LogP contribution in [-0.4, -0.2) is 49.9 Å². The number of morpholine rings is 1. The lowest BCUT2D eigenvalue weighted by Crippen LogP contribution is -2.43. The first-order valence-electron chi connectivity index (χ1n) is 6.52. The van der Waals surface area contributed by atoms with E-state index in [4.69, 9.17) is 14.9 Å². The summed E-state index contributed by atoms with van der Waals surface area (Å²) in [4.78, 5) is 14.9. The number of aromatic nitrogens is 1. The van der Waals surface area contributed by atoms with Crippen LogP contribution >= 0.6 is 0 Å². The Morgan fingerprint density at radius 2 is 2.05 bits per heavy atom. The number of amides is 1. The molecule has 1 amide bonds. The van der Waals surface area contributed by atoms with Crippen molar-refractivity contribution in [3.63, 3.8) is 0 Å². The molecule has 3 rings (SSSR count). The van der Waals surface area contributed by atoms with E-state index < -0.39 is 16.1 Å². The molecule has 0 radical (unpaired) electrons. The number of fused-ring (bicyclic) bond motifs is 1. The van der Waals surface area contributed by atoms with Gasteiger partial charge in [-0.3, -0.25) is 9.52 Å². The monoisotopic (exact) mass is 326 g/mol. The van der Waals surface area contributed by atoms with E-state index in [1.807, 2.05) is 0 Å². The summed E-state index contributed by atoms with van der Waals surface area (Å²) in [7, 11) is -3.66. The van der Waals surface area contributed by atoms with Gasteiger partial charge in [0.1, 0.15) is 5.52 Å². The fourth-order valence-corrected chi connectivity index (χ4v) is 3.28. The fraction of sp³-hybridized carbons (Fsp3) is 0.333. The lowest BCUT2D eigenvalue weighted by Gasteiger charge is -2.26. The molecule has 1 aromatic heterocycles. The third-order valence-corrected chi connectivity index (χ3v) is 4.69. The van der Waals surface area contributed by atoms with Crippen molar-refractivity contribution in [1.29, 1.82) is 0 Å². The number of nitrogens with two attached hydrogens (primary N) is 1. The van der Waals surface area contributed by atoms with Gasteiger partial charge >= 0.3 is 16.1 Å². The topological polar surface area (TPSA) is 128 Å². The Balaban J connectivity index is 1.85. The molecule has 0 aliphatic carbocycles. The lowest BCUT2D eigenvalue weighted by atomic mass is 10.3. The van der Waals surface area contributed by atoms with Gasteiger partial charge in [-0.25, -0.2) is 4.98 Å². The Morgan fingerprint density at radius 3 is 2.73 bits per heavy atom. The average molecular weight is 326 g/mol. The Hall–Kier alpha value is -2.17. The third-order valence-electron chi connectivity index (χ3n) is 3.16. The number of anilines is 1. The van der Waals surface area contributed by atoms with Crippen LogP contribution in [0.1, 0.15) is 10.7 Å². The Labute approximate surface area is 126 Å². The van der Waals surface area contributed by atoms with Crippen LogP contribution < -0.4 is 10.5 Å². The molecular weight excluding hydrogens is 312 g/mol. The molecule has 0 spiro atoms. The molecule has 1 saturated heterocycles. The largest absolute Gasteiger partial charge is 0.432 e. The highest BCUT2D eigenvalue weighted by atomic mass is 32.2. The molecule has 0 bridgehead atoms. The van der Waals surface area contributed by atoms with Gasteiger partial charge in [0, 0.05) is 13.1 Å². The Morgan fingerprint density at radius 1 is 1.32 bits per heavy atom. The fourth-order valence-electron chi connectivity index (χ4n) is 2.10. The normalized spacial score (nSPS) is 16.7. The summed E-state index contributed by atoms with van der Waals surface area (Å²) in [5, 5.41) is 0. The first-order chi connectivity index (χ1) is 10.5. The molecule has 2 aromatic rings. The predicted molar refractivity (Wildman–Crippen MR) is 77.5 cm³/mol. The van der Waals surface area contributed by atoms with Gasteiger partial charge in [-0.15, -0.1) is 0 Å². The van der Waals surface area contributed by atoms with Gasteiger partial charge in [0.25, 0.3) is 5.89 Å². The van der Waals surface area contributed by atoms with E-state index in [0.717, 1.165) is 0 Å². The van der Waals surface area contributed by atoms with Crippen molar-refractivity contribution in [3.05, 3.63) is 24.1 Å². The van der Waals surface area contributed by atoms with Crippen molar-refractivity contribution < 1.29 is 22.4 Å². The maximum Gasteiger partial charge on any atom is 0.304 e. The number of hydrogen-bond donors (Lipinski definition) is 2. The molecule has 1 fully saturated rings. The van der Waals surface area contributed by atoms with Gasteiger partial charge < -0.3 is 14.9 Å². The lowest BCUT2D eigenvalue weighted by molar-refractivity contribution is 0.0733. The molecule has 9 nitrogen and oxygen atoms in total. The number of ether oxygens (including phenoxy) is 1. The summed E-state index contributed by atoms with van der Waals surface area (Å²) in [6.07, 6.45) is 0. The van der Waals surface area contributed by atoms with Gasteiger partial charge in [0.2, 0.25) is 0 Å². The number of carbonyl (C=O) groups is 1.